The number of nitrogens with zero attached hydrogens (tertiary/aromatic N) is 3. The Kier molecular flexibility index (Phi) is 3.95. The number of hydrogen-bond acceptors (Lipinski definition) is 4. The largest absolute Gasteiger partial charge is 0.344 e. The third kappa shape index (κ3) is 2.95. The second kappa shape index (κ2) is 6.31. The Morgan fingerprint density at radius 1 is 1.22 bits per heavy atom. The van der Waals surface area contributed by atoms with Gasteiger partial charge in [0.2, 0.25) is 0 Å². The first-order chi connectivity index (χ1) is 12.9. The smallest absolute Gasteiger partial charge is 0.277 e. The highest BCUT2D eigenvalue weighted by Gasteiger charge is 2.21. The molecule has 0 bridgehead atoms. The lowest BCUT2D eigenvalue weighted by Crippen LogP contribution is -2.28. The predicted molar refractivity (Wildman–Crippen MR) is 98.1 cm³/mol. The van der Waals surface area contributed by atoms with E-state index in [1.807, 2.05) is 25.1 Å². The lowest BCUT2D eigenvalue weighted by Gasteiger charge is -2.13. The van der Waals surface area contributed by atoms with Gasteiger partial charge in [-0.05, 0) is 49.2 Å². The molecule has 8 heteroatoms. The maximum absolute atomic E-state index is 13.1. The monoisotopic (exact) mass is 365 g/mol. The molecule has 0 aliphatic heterocycles. The van der Waals surface area contributed by atoms with Crippen LogP contribution >= 0.6 is 0 Å². The van der Waals surface area contributed by atoms with Gasteiger partial charge in [0.25, 0.3) is 11.5 Å². The summed E-state index contributed by atoms with van der Waals surface area (Å²) in [6.07, 6.45) is 0. The van der Waals surface area contributed by atoms with Crippen LogP contribution in [0.3, 0.4) is 0 Å². The van der Waals surface area contributed by atoms with Gasteiger partial charge < -0.3 is 10.3 Å². The number of halogens is 1. The van der Waals surface area contributed by atoms with Crippen molar-refractivity contribution >= 4 is 22.5 Å². The number of nitrogens with one attached hydrogen (secondary N) is 2. The number of aromatic nitrogens is 4. The molecule has 136 valence electrons. The van der Waals surface area contributed by atoms with Crippen molar-refractivity contribution in [2.24, 2.45) is 0 Å². The van der Waals surface area contributed by atoms with Gasteiger partial charge in [0.05, 0.1) is 17.1 Å². The summed E-state index contributed by atoms with van der Waals surface area (Å²) in [5.41, 5.74) is 2.55. The van der Waals surface area contributed by atoms with Crippen molar-refractivity contribution in [3.63, 3.8) is 0 Å². The van der Waals surface area contributed by atoms with Crippen molar-refractivity contribution in [2.45, 2.75) is 19.9 Å². The average molecular weight is 365 g/mol. The highest BCUT2D eigenvalue weighted by atomic mass is 19.1. The fourth-order valence-corrected chi connectivity index (χ4v) is 3.02. The normalized spacial score (nSPS) is 12.4. The zero-order valence-corrected chi connectivity index (χ0v) is 14.7. The van der Waals surface area contributed by atoms with Crippen molar-refractivity contribution < 1.29 is 9.18 Å². The molecule has 0 saturated carbocycles. The summed E-state index contributed by atoms with van der Waals surface area (Å²) in [5.74, 6) is -0.881. The first-order valence-electron chi connectivity index (χ1n) is 8.38. The molecule has 2 heterocycles. The highest BCUT2D eigenvalue weighted by molar-refractivity contribution is 5.99. The van der Waals surface area contributed by atoms with Crippen LogP contribution in [0, 0.1) is 12.7 Å². The third-order valence-corrected chi connectivity index (χ3v) is 4.45. The van der Waals surface area contributed by atoms with E-state index in [-0.39, 0.29) is 17.0 Å². The minimum atomic E-state index is -0.529. The number of fused-ring (bicyclic) bond motifs is 3. The molecule has 0 radical (unpaired) electrons. The SMILES string of the molecule is Cc1ccc2c(c1)[nH]c(=O)c1c(C(=O)NC(C)c3ccc(F)cc3)nnn12. The fourth-order valence-electron chi connectivity index (χ4n) is 3.02. The Labute approximate surface area is 152 Å². The molecule has 1 unspecified atom stereocenters. The van der Waals surface area contributed by atoms with E-state index in [9.17, 15) is 14.0 Å². The van der Waals surface area contributed by atoms with Crippen LogP contribution in [0.25, 0.3) is 16.6 Å². The molecule has 27 heavy (non-hydrogen) atoms. The Morgan fingerprint density at radius 3 is 2.70 bits per heavy atom. The predicted octanol–water partition coefficient (Wildman–Crippen LogP) is 2.51. The van der Waals surface area contributed by atoms with Crippen LogP contribution in [0.2, 0.25) is 0 Å². The molecule has 0 spiro atoms. The highest BCUT2D eigenvalue weighted by Crippen LogP contribution is 2.16. The molecule has 2 N–H and O–H groups in total. The van der Waals surface area contributed by atoms with E-state index < -0.39 is 17.5 Å². The number of hydrogen-bond donors (Lipinski definition) is 2. The van der Waals surface area contributed by atoms with E-state index in [1.54, 1.807) is 19.1 Å². The average Bonchev–Trinajstić information content (AvgIpc) is 3.08. The van der Waals surface area contributed by atoms with Gasteiger partial charge in [-0.3, -0.25) is 9.59 Å². The number of amides is 1. The van der Waals surface area contributed by atoms with Crippen LogP contribution in [-0.4, -0.2) is 25.7 Å². The number of benzene rings is 2. The van der Waals surface area contributed by atoms with E-state index in [2.05, 4.69) is 20.6 Å². The Hall–Kier alpha value is -3.55. The van der Waals surface area contributed by atoms with E-state index in [0.29, 0.717) is 11.0 Å². The molecular formula is C19H16FN5O2. The minimum absolute atomic E-state index is 0.0623. The maximum Gasteiger partial charge on any atom is 0.277 e. The van der Waals surface area contributed by atoms with E-state index in [4.69, 9.17) is 0 Å². The molecule has 4 rings (SSSR count). The molecule has 1 amide bonds. The summed E-state index contributed by atoms with van der Waals surface area (Å²) < 4.78 is 14.4. The number of rotatable bonds is 3. The standard InChI is InChI=1S/C19H16FN5O2/c1-10-3-8-15-14(9-10)22-19(27)17-16(23-24-25(15)17)18(26)21-11(2)12-4-6-13(20)7-5-12/h3-9,11H,1-2H3,(H,21,26)(H,22,27). The zero-order chi connectivity index (χ0) is 19.1. The van der Waals surface area contributed by atoms with Gasteiger partial charge in [-0.2, -0.15) is 0 Å². The Morgan fingerprint density at radius 2 is 1.96 bits per heavy atom. The molecule has 2 aromatic heterocycles. The lowest BCUT2D eigenvalue weighted by atomic mass is 10.1. The minimum Gasteiger partial charge on any atom is -0.344 e. The van der Waals surface area contributed by atoms with E-state index in [1.165, 1.54) is 16.6 Å². The van der Waals surface area contributed by atoms with Crippen molar-refractivity contribution in [1.29, 1.82) is 0 Å². The number of carbonyl (C=O) groups is 1. The van der Waals surface area contributed by atoms with Crippen molar-refractivity contribution in [3.8, 4) is 0 Å². The number of aromatic amines is 1. The Balaban J connectivity index is 1.73. The first-order valence-corrected chi connectivity index (χ1v) is 8.38. The van der Waals surface area contributed by atoms with Crippen LogP contribution in [0.15, 0.2) is 47.3 Å². The summed E-state index contributed by atoms with van der Waals surface area (Å²) in [6, 6.07) is 11.0. The lowest BCUT2D eigenvalue weighted by molar-refractivity contribution is 0.0936. The maximum atomic E-state index is 13.1. The zero-order valence-electron chi connectivity index (χ0n) is 14.7. The molecule has 4 aromatic rings. The molecule has 0 aliphatic rings. The van der Waals surface area contributed by atoms with Gasteiger partial charge >= 0.3 is 0 Å². The van der Waals surface area contributed by atoms with Gasteiger partial charge in [0, 0.05) is 0 Å². The van der Waals surface area contributed by atoms with Crippen molar-refractivity contribution in [1.82, 2.24) is 25.1 Å². The fraction of sp³-hybridized carbons (Fsp3) is 0.158. The molecular weight excluding hydrogens is 349 g/mol. The van der Waals surface area contributed by atoms with Gasteiger partial charge in [-0.15, -0.1) is 5.10 Å². The van der Waals surface area contributed by atoms with Gasteiger partial charge in [0.15, 0.2) is 11.2 Å². The van der Waals surface area contributed by atoms with E-state index in [0.717, 1.165) is 11.1 Å². The number of carbonyl (C=O) groups excluding carboxylic acids is 1. The Bertz CT molecular complexity index is 1230. The van der Waals surface area contributed by atoms with Crippen LogP contribution in [-0.2, 0) is 0 Å². The molecule has 0 fully saturated rings. The topological polar surface area (TPSA) is 92.1 Å². The van der Waals surface area contributed by atoms with Crippen LogP contribution in [0.4, 0.5) is 4.39 Å². The summed E-state index contributed by atoms with van der Waals surface area (Å²) in [5, 5.41) is 10.7. The molecule has 1 atom stereocenters. The quantitative estimate of drug-likeness (QED) is 0.583. The first kappa shape index (κ1) is 16.9. The second-order valence-electron chi connectivity index (χ2n) is 6.42. The third-order valence-electron chi connectivity index (χ3n) is 4.45. The molecule has 7 nitrogen and oxygen atoms in total. The molecule has 0 aliphatic carbocycles. The summed E-state index contributed by atoms with van der Waals surface area (Å²) in [7, 11) is 0. The summed E-state index contributed by atoms with van der Waals surface area (Å²) >= 11 is 0. The van der Waals surface area contributed by atoms with Crippen LogP contribution in [0.5, 0.6) is 0 Å². The van der Waals surface area contributed by atoms with Crippen molar-refractivity contribution in [3.05, 3.63) is 75.5 Å². The number of H-pyrrole nitrogens is 1. The second-order valence-corrected chi connectivity index (χ2v) is 6.42. The van der Waals surface area contributed by atoms with Crippen molar-refractivity contribution in [2.75, 3.05) is 0 Å². The van der Waals surface area contributed by atoms with Crippen LogP contribution < -0.4 is 10.9 Å². The van der Waals surface area contributed by atoms with Gasteiger partial charge in [-0.25, -0.2) is 8.91 Å². The van der Waals surface area contributed by atoms with E-state index >= 15 is 0 Å². The van der Waals surface area contributed by atoms with Crippen LogP contribution in [0.1, 0.15) is 34.6 Å². The molecule has 2 aromatic carbocycles. The van der Waals surface area contributed by atoms with Gasteiger partial charge in [-0.1, -0.05) is 23.4 Å². The summed E-state index contributed by atoms with van der Waals surface area (Å²) in [6.45, 7) is 3.68. The van der Waals surface area contributed by atoms with Gasteiger partial charge in [0.1, 0.15) is 5.82 Å². The summed E-state index contributed by atoms with van der Waals surface area (Å²) in [4.78, 5) is 27.9. The number of aryl methyl sites for hydroxylation is 1. The molecule has 0 saturated heterocycles.